The lowest BCUT2D eigenvalue weighted by molar-refractivity contribution is 1.10. The fraction of sp³-hybridized carbons (Fsp3) is 0.231. The Kier molecular flexibility index (Phi) is 3.23. The first kappa shape index (κ1) is 11.4. The zero-order valence-electron chi connectivity index (χ0n) is 10.3. The van der Waals surface area contributed by atoms with Crippen molar-refractivity contribution in [2.75, 3.05) is 24.3 Å². The lowest BCUT2D eigenvalue weighted by Gasteiger charge is -2.13. The van der Waals surface area contributed by atoms with Crippen LogP contribution in [0.5, 0.6) is 0 Å². The molecule has 1 aromatic heterocycles. The van der Waals surface area contributed by atoms with Crippen molar-refractivity contribution in [3.63, 3.8) is 0 Å². The molecule has 0 atom stereocenters. The summed E-state index contributed by atoms with van der Waals surface area (Å²) in [5.74, 6) is 0.815. The summed E-state index contributed by atoms with van der Waals surface area (Å²) in [6.45, 7) is 1.95. The molecule has 0 unspecified atom stereocenters. The van der Waals surface area contributed by atoms with Crippen molar-refractivity contribution in [2.45, 2.75) is 6.92 Å². The van der Waals surface area contributed by atoms with Crippen molar-refractivity contribution >= 4 is 17.2 Å². The van der Waals surface area contributed by atoms with Gasteiger partial charge in [0.25, 0.3) is 0 Å². The van der Waals surface area contributed by atoms with Crippen LogP contribution < -0.4 is 10.2 Å². The zero-order valence-corrected chi connectivity index (χ0v) is 10.3. The van der Waals surface area contributed by atoms with E-state index < -0.39 is 0 Å². The van der Waals surface area contributed by atoms with E-state index in [9.17, 15) is 0 Å². The third-order valence-corrected chi connectivity index (χ3v) is 2.46. The smallest absolute Gasteiger partial charge is 0.133 e. The van der Waals surface area contributed by atoms with E-state index in [2.05, 4.69) is 32.3 Å². The van der Waals surface area contributed by atoms with Crippen LogP contribution in [-0.4, -0.2) is 24.1 Å². The second kappa shape index (κ2) is 4.82. The first-order valence-corrected chi connectivity index (χ1v) is 5.48. The highest BCUT2D eigenvalue weighted by molar-refractivity contribution is 5.60. The Morgan fingerprint density at radius 1 is 1.06 bits per heavy atom. The molecule has 0 aliphatic carbocycles. The van der Waals surface area contributed by atoms with Crippen molar-refractivity contribution in [1.29, 1.82) is 0 Å². The van der Waals surface area contributed by atoms with Gasteiger partial charge in [-0.3, -0.25) is 0 Å². The van der Waals surface area contributed by atoms with Gasteiger partial charge in [-0.25, -0.2) is 9.97 Å². The number of aryl methyl sites for hydroxylation is 1. The molecule has 88 valence electrons. The van der Waals surface area contributed by atoms with E-state index >= 15 is 0 Å². The largest absolute Gasteiger partial charge is 0.378 e. The fourth-order valence-electron chi connectivity index (χ4n) is 1.51. The molecule has 0 fully saturated rings. The summed E-state index contributed by atoms with van der Waals surface area (Å²) < 4.78 is 0. The lowest BCUT2D eigenvalue weighted by atomic mass is 10.2. The number of aromatic nitrogens is 2. The second-order valence-electron chi connectivity index (χ2n) is 4.11. The van der Waals surface area contributed by atoms with E-state index in [0.29, 0.717) is 0 Å². The van der Waals surface area contributed by atoms with Gasteiger partial charge in [-0.15, -0.1) is 0 Å². The molecule has 0 saturated carbocycles. The van der Waals surface area contributed by atoms with Gasteiger partial charge in [-0.2, -0.15) is 0 Å². The van der Waals surface area contributed by atoms with E-state index in [1.165, 1.54) is 5.69 Å². The number of hydrogen-bond acceptors (Lipinski definition) is 4. The third-order valence-electron chi connectivity index (χ3n) is 2.46. The topological polar surface area (TPSA) is 41.0 Å². The van der Waals surface area contributed by atoms with Crippen LogP contribution >= 0.6 is 0 Å². The average molecular weight is 228 g/mol. The van der Waals surface area contributed by atoms with Crippen molar-refractivity contribution < 1.29 is 0 Å². The summed E-state index contributed by atoms with van der Waals surface area (Å²) in [4.78, 5) is 10.3. The minimum absolute atomic E-state index is 0.815. The molecular weight excluding hydrogens is 212 g/mol. The van der Waals surface area contributed by atoms with Crippen molar-refractivity contribution in [3.05, 3.63) is 42.4 Å². The van der Waals surface area contributed by atoms with Crippen LogP contribution in [0.1, 0.15) is 5.69 Å². The number of nitrogens with one attached hydrogen (secondary N) is 1. The van der Waals surface area contributed by atoms with Gasteiger partial charge in [-0.05, 0) is 31.2 Å². The Morgan fingerprint density at radius 2 is 1.76 bits per heavy atom. The molecule has 0 saturated heterocycles. The van der Waals surface area contributed by atoms with E-state index in [1.54, 1.807) is 6.33 Å². The van der Waals surface area contributed by atoms with Crippen LogP contribution in [0, 0.1) is 6.92 Å². The molecule has 1 aromatic carbocycles. The fourth-order valence-corrected chi connectivity index (χ4v) is 1.51. The molecule has 17 heavy (non-hydrogen) atoms. The monoisotopic (exact) mass is 228 g/mol. The van der Waals surface area contributed by atoms with Crippen LogP contribution in [-0.2, 0) is 0 Å². The molecule has 0 radical (unpaired) electrons. The predicted molar refractivity (Wildman–Crippen MR) is 70.8 cm³/mol. The van der Waals surface area contributed by atoms with E-state index in [0.717, 1.165) is 17.2 Å². The summed E-state index contributed by atoms with van der Waals surface area (Å²) in [5.41, 5.74) is 3.15. The molecule has 0 aliphatic rings. The molecule has 0 bridgehead atoms. The molecule has 1 heterocycles. The molecule has 4 heteroatoms. The highest BCUT2D eigenvalue weighted by Crippen LogP contribution is 2.18. The summed E-state index contributed by atoms with van der Waals surface area (Å²) >= 11 is 0. The average Bonchev–Trinajstić information content (AvgIpc) is 2.29. The van der Waals surface area contributed by atoms with Crippen LogP contribution in [0.15, 0.2) is 36.7 Å². The van der Waals surface area contributed by atoms with Crippen molar-refractivity contribution in [2.24, 2.45) is 0 Å². The first-order chi connectivity index (χ1) is 8.15. The molecule has 2 rings (SSSR count). The lowest BCUT2D eigenvalue weighted by Crippen LogP contribution is -2.08. The van der Waals surface area contributed by atoms with Crippen molar-refractivity contribution in [3.8, 4) is 0 Å². The van der Waals surface area contributed by atoms with E-state index in [1.807, 2.05) is 39.2 Å². The summed E-state index contributed by atoms with van der Waals surface area (Å²) in [6, 6.07) is 10.1. The molecule has 0 amide bonds. The highest BCUT2D eigenvalue weighted by atomic mass is 15.1. The van der Waals surface area contributed by atoms with Gasteiger partial charge in [-0.1, -0.05) is 0 Å². The van der Waals surface area contributed by atoms with Crippen LogP contribution in [0.25, 0.3) is 0 Å². The maximum absolute atomic E-state index is 4.16. The minimum Gasteiger partial charge on any atom is -0.378 e. The summed E-state index contributed by atoms with van der Waals surface area (Å²) in [7, 11) is 4.05. The highest BCUT2D eigenvalue weighted by Gasteiger charge is 1.98. The zero-order chi connectivity index (χ0) is 12.3. The predicted octanol–water partition coefficient (Wildman–Crippen LogP) is 2.59. The Morgan fingerprint density at radius 3 is 2.35 bits per heavy atom. The Labute approximate surface area is 101 Å². The quantitative estimate of drug-likeness (QED) is 0.876. The third kappa shape index (κ3) is 2.93. The van der Waals surface area contributed by atoms with E-state index in [-0.39, 0.29) is 0 Å². The van der Waals surface area contributed by atoms with E-state index in [4.69, 9.17) is 0 Å². The number of benzene rings is 1. The molecule has 0 aliphatic heterocycles. The Hall–Kier alpha value is -2.10. The van der Waals surface area contributed by atoms with Gasteiger partial charge in [0.05, 0.1) is 0 Å². The number of nitrogens with zero attached hydrogens (tertiary/aromatic N) is 3. The molecular formula is C13H16N4. The normalized spacial score (nSPS) is 10.1. The van der Waals surface area contributed by atoms with Gasteiger partial charge in [0.2, 0.25) is 0 Å². The molecule has 2 aromatic rings. The van der Waals surface area contributed by atoms with Crippen molar-refractivity contribution in [1.82, 2.24) is 9.97 Å². The molecule has 4 nitrogen and oxygen atoms in total. The summed E-state index contributed by atoms with van der Waals surface area (Å²) in [5, 5.41) is 3.24. The minimum atomic E-state index is 0.815. The number of rotatable bonds is 3. The molecule has 0 spiro atoms. The van der Waals surface area contributed by atoms with Gasteiger partial charge in [0.1, 0.15) is 12.1 Å². The first-order valence-electron chi connectivity index (χ1n) is 5.48. The second-order valence-corrected chi connectivity index (χ2v) is 4.11. The Bertz CT molecular complexity index is 491. The Balaban J connectivity index is 2.14. The number of hydrogen-bond donors (Lipinski definition) is 1. The standard InChI is InChI=1S/C13H16N4/c1-10-8-13(15-9-14-10)16-11-4-6-12(7-5-11)17(2)3/h4-9H,1-3H3,(H,14,15,16). The maximum atomic E-state index is 4.16. The molecule has 1 N–H and O–H groups in total. The summed E-state index contributed by atoms with van der Waals surface area (Å²) in [6.07, 6.45) is 1.56. The SMILES string of the molecule is Cc1cc(Nc2ccc(N(C)C)cc2)ncn1. The van der Waals surface area contributed by atoms with Crippen LogP contribution in [0.3, 0.4) is 0 Å². The maximum Gasteiger partial charge on any atom is 0.133 e. The van der Waals surface area contributed by atoms with Gasteiger partial charge < -0.3 is 10.2 Å². The van der Waals surface area contributed by atoms with Gasteiger partial charge in [0, 0.05) is 37.2 Å². The van der Waals surface area contributed by atoms with Gasteiger partial charge in [0.15, 0.2) is 0 Å². The van der Waals surface area contributed by atoms with Gasteiger partial charge >= 0.3 is 0 Å². The number of anilines is 3. The van der Waals surface area contributed by atoms with Crippen LogP contribution in [0.4, 0.5) is 17.2 Å². The van der Waals surface area contributed by atoms with Crippen LogP contribution in [0.2, 0.25) is 0 Å².